The van der Waals surface area contributed by atoms with Gasteiger partial charge in [0.25, 0.3) is 0 Å². The van der Waals surface area contributed by atoms with E-state index < -0.39 is 11.6 Å². The highest BCUT2D eigenvalue weighted by Gasteiger charge is 2.32. The first-order valence-electron chi connectivity index (χ1n) is 11.8. The molecule has 0 unspecified atom stereocenters. The number of benzene rings is 3. The summed E-state index contributed by atoms with van der Waals surface area (Å²) in [5, 5.41) is 3.66. The van der Waals surface area contributed by atoms with Gasteiger partial charge in [0, 0.05) is 33.8 Å². The van der Waals surface area contributed by atoms with Crippen LogP contribution in [0.15, 0.2) is 83.3 Å². The Kier molecular flexibility index (Phi) is 10.5. The Morgan fingerprint density at radius 1 is 0.944 bits per heavy atom. The first-order valence-corrected chi connectivity index (χ1v) is 14.2. The number of amides is 2. The molecule has 1 atom stereocenters. The highest BCUT2D eigenvalue weighted by Crippen LogP contribution is 2.23. The topological polar surface area (TPSA) is 49.4 Å². The lowest BCUT2D eigenvalue weighted by molar-refractivity contribution is -0.140. The molecule has 0 aliphatic heterocycles. The summed E-state index contributed by atoms with van der Waals surface area (Å²) in [5.41, 5.74) is 2.51. The Morgan fingerprint density at radius 3 is 2.22 bits per heavy atom. The standard InChI is InChI=1S/C29H32BrClN2O2S/c1-29(2,3)32-28(35)26(17-21-9-5-4-6-10-21)33(18-23-11-7-8-12-25(23)31)27(34)20-36-19-22-13-15-24(30)16-14-22/h4-16,26H,17-20H2,1-3H3,(H,32,35)/t26-/m0/s1. The summed E-state index contributed by atoms with van der Waals surface area (Å²) < 4.78 is 1.02. The maximum atomic E-state index is 13.7. The molecule has 0 bridgehead atoms. The van der Waals surface area contributed by atoms with E-state index in [9.17, 15) is 9.59 Å². The van der Waals surface area contributed by atoms with Gasteiger partial charge in [0.2, 0.25) is 11.8 Å². The first kappa shape index (κ1) is 28.3. The fraction of sp³-hybridized carbons (Fsp3) is 0.310. The number of hydrogen-bond donors (Lipinski definition) is 1. The molecule has 0 fully saturated rings. The lowest BCUT2D eigenvalue weighted by Gasteiger charge is -2.34. The van der Waals surface area contributed by atoms with Crippen molar-refractivity contribution in [2.45, 2.75) is 51.1 Å². The number of thioether (sulfide) groups is 1. The number of carbonyl (C=O) groups is 2. The first-order chi connectivity index (χ1) is 17.1. The third-order valence-electron chi connectivity index (χ3n) is 5.48. The van der Waals surface area contributed by atoms with Gasteiger partial charge in [-0.1, -0.05) is 88.2 Å². The maximum Gasteiger partial charge on any atom is 0.243 e. The second-order valence-electron chi connectivity index (χ2n) is 9.68. The molecule has 3 aromatic rings. The van der Waals surface area contributed by atoms with E-state index >= 15 is 0 Å². The maximum absolute atomic E-state index is 13.7. The summed E-state index contributed by atoms with van der Waals surface area (Å²) >= 11 is 11.5. The van der Waals surface area contributed by atoms with Crippen LogP contribution in [0.4, 0.5) is 0 Å². The summed E-state index contributed by atoms with van der Waals surface area (Å²) in [6.07, 6.45) is 0.413. The van der Waals surface area contributed by atoms with Crippen molar-refractivity contribution in [3.63, 3.8) is 0 Å². The van der Waals surface area contributed by atoms with E-state index in [-0.39, 0.29) is 24.1 Å². The smallest absolute Gasteiger partial charge is 0.243 e. The van der Waals surface area contributed by atoms with Crippen molar-refractivity contribution in [2.75, 3.05) is 5.75 Å². The van der Waals surface area contributed by atoms with Gasteiger partial charge in [-0.15, -0.1) is 11.8 Å². The summed E-state index contributed by atoms with van der Waals surface area (Å²) in [7, 11) is 0. The van der Waals surface area contributed by atoms with Crippen LogP contribution in [-0.4, -0.2) is 34.0 Å². The molecular formula is C29H32BrClN2O2S. The molecule has 7 heteroatoms. The fourth-order valence-electron chi connectivity index (χ4n) is 3.74. The number of rotatable bonds is 10. The van der Waals surface area contributed by atoms with Crippen LogP contribution in [-0.2, 0) is 28.3 Å². The van der Waals surface area contributed by atoms with Gasteiger partial charge in [-0.3, -0.25) is 9.59 Å². The van der Waals surface area contributed by atoms with E-state index in [1.807, 2.05) is 99.6 Å². The van der Waals surface area contributed by atoms with E-state index in [0.717, 1.165) is 21.2 Å². The summed E-state index contributed by atoms with van der Waals surface area (Å²) in [6, 6.07) is 24.7. The molecule has 1 N–H and O–H groups in total. The average Bonchev–Trinajstić information content (AvgIpc) is 2.83. The Bertz CT molecular complexity index is 1150. The minimum atomic E-state index is -0.677. The van der Waals surface area contributed by atoms with Crippen molar-refractivity contribution >= 4 is 51.1 Å². The van der Waals surface area contributed by atoms with Crippen molar-refractivity contribution in [1.29, 1.82) is 0 Å². The third-order valence-corrected chi connectivity index (χ3v) is 7.36. The van der Waals surface area contributed by atoms with Crippen molar-refractivity contribution in [2.24, 2.45) is 0 Å². The van der Waals surface area contributed by atoms with Gasteiger partial charge in [-0.05, 0) is 55.7 Å². The molecule has 3 rings (SSSR count). The molecule has 0 heterocycles. The van der Waals surface area contributed by atoms with Gasteiger partial charge in [-0.2, -0.15) is 0 Å². The molecule has 0 radical (unpaired) electrons. The second-order valence-corrected chi connectivity index (χ2v) is 12.0. The minimum Gasteiger partial charge on any atom is -0.350 e. The van der Waals surface area contributed by atoms with Crippen molar-refractivity contribution in [1.82, 2.24) is 10.2 Å². The van der Waals surface area contributed by atoms with Gasteiger partial charge in [0.1, 0.15) is 6.04 Å². The molecule has 36 heavy (non-hydrogen) atoms. The van der Waals surface area contributed by atoms with Crippen molar-refractivity contribution < 1.29 is 9.59 Å². The van der Waals surface area contributed by atoms with Gasteiger partial charge in [-0.25, -0.2) is 0 Å². The van der Waals surface area contributed by atoms with Crippen LogP contribution in [0, 0.1) is 0 Å². The Balaban J connectivity index is 1.87. The van der Waals surface area contributed by atoms with E-state index in [0.29, 0.717) is 17.2 Å². The summed E-state index contributed by atoms with van der Waals surface area (Å²) in [4.78, 5) is 28.9. The molecule has 3 aromatic carbocycles. The Hall–Kier alpha value is -2.28. The highest BCUT2D eigenvalue weighted by molar-refractivity contribution is 9.10. The fourth-order valence-corrected chi connectivity index (χ4v) is 5.07. The van der Waals surface area contributed by atoms with Crippen LogP contribution in [0.25, 0.3) is 0 Å². The average molecular weight is 588 g/mol. The Labute approximate surface area is 231 Å². The molecule has 0 spiro atoms. The van der Waals surface area contributed by atoms with Crippen LogP contribution in [0.1, 0.15) is 37.5 Å². The number of nitrogens with zero attached hydrogens (tertiary/aromatic N) is 1. The normalized spacial score (nSPS) is 12.1. The van der Waals surface area contributed by atoms with Gasteiger partial charge in [0.05, 0.1) is 5.75 Å². The molecule has 2 amide bonds. The molecule has 0 aliphatic carbocycles. The van der Waals surface area contributed by atoms with Gasteiger partial charge < -0.3 is 10.2 Å². The van der Waals surface area contributed by atoms with Crippen molar-refractivity contribution in [3.8, 4) is 0 Å². The zero-order valence-corrected chi connectivity index (χ0v) is 24.0. The predicted molar refractivity (Wildman–Crippen MR) is 154 cm³/mol. The quantitative estimate of drug-likeness (QED) is 0.281. The van der Waals surface area contributed by atoms with Crippen LogP contribution in [0.2, 0.25) is 5.02 Å². The van der Waals surface area contributed by atoms with Crippen LogP contribution < -0.4 is 5.32 Å². The minimum absolute atomic E-state index is 0.0954. The zero-order valence-electron chi connectivity index (χ0n) is 20.8. The van der Waals surface area contributed by atoms with Crippen LogP contribution >= 0.6 is 39.3 Å². The monoisotopic (exact) mass is 586 g/mol. The molecule has 0 saturated heterocycles. The molecule has 4 nitrogen and oxygen atoms in total. The van der Waals surface area contributed by atoms with Crippen LogP contribution in [0.5, 0.6) is 0 Å². The number of nitrogens with one attached hydrogen (secondary N) is 1. The van der Waals surface area contributed by atoms with E-state index in [4.69, 9.17) is 11.6 Å². The van der Waals surface area contributed by atoms with E-state index in [2.05, 4.69) is 21.2 Å². The summed E-state index contributed by atoms with van der Waals surface area (Å²) in [5.74, 6) is 0.692. The SMILES string of the molecule is CC(C)(C)NC(=O)[C@H](Cc1ccccc1)N(Cc1ccccc1Cl)C(=O)CSCc1ccc(Br)cc1. The van der Waals surface area contributed by atoms with Crippen molar-refractivity contribution in [3.05, 3.63) is 105 Å². The van der Waals surface area contributed by atoms with Gasteiger partial charge >= 0.3 is 0 Å². The molecular weight excluding hydrogens is 556 g/mol. The third kappa shape index (κ3) is 8.99. The molecule has 190 valence electrons. The number of hydrogen-bond acceptors (Lipinski definition) is 3. The van der Waals surface area contributed by atoms with E-state index in [1.54, 1.807) is 16.7 Å². The predicted octanol–water partition coefficient (Wildman–Crippen LogP) is 6.89. The Morgan fingerprint density at radius 2 is 1.58 bits per heavy atom. The van der Waals surface area contributed by atoms with E-state index in [1.165, 1.54) is 0 Å². The zero-order chi connectivity index (χ0) is 26.1. The molecule has 0 aromatic heterocycles. The lowest BCUT2D eigenvalue weighted by atomic mass is 10.0. The highest BCUT2D eigenvalue weighted by atomic mass is 79.9. The van der Waals surface area contributed by atoms with Gasteiger partial charge in [0.15, 0.2) is 0 Å². The second kappa shape index (κ2) is 13.3. The molecule has 0 aliphatic rings. The largest absolute Gasteiger partial charge is 0.350 e. The summed E-state index contributed by atoms with van der Waals surface area (Å²) in [6.45, 7) is 6.09. The van der Waals surface area contributed by atoms with Crippen LogP contribution in [0.3, 0.4) is 0 Å². The lowest BCUT2D eigenvalue weighted by Crippen LogP contribution is -2.54. The molecule has 0 saturated carbocycles. The number of carbonyl (C=O) groups excluding carboxylic acids is 2. The number of halogens is 2.